The molecule has 17 heteroatoms. The van der Waals surface area contributed by atoms with E-state index in [9.17, 15) is 23.5 Å². The molecule has 0 aliphatic carbocycles. The van der Waals surface area contributed by atoms with Gasteiger partial charge in [0.1, 0.15) is 42.5 Å². The van der Waals surface area contributed by atoms with E-state index >= 15 is 0 Å². The summed E-state index contributed by atoms with van der Waals surface area (Å²) >= 11 is 7.37. The second-order valence-electron chi connectivity index (χ2n) is 9.63. The molecule has 5 aromatic rings. The average Bonchev–Trinajstić information content (AvgIpc) is 3.71. The number of hydrogen-bond acceptors (Lipinski definition) is 10. The highest BCUT2D eigenvalue weighted by Crippen LogP contribution is 2.28. The number of nitrogens with zero attached hydrogens (tertiary/aromatic N) is 7. The van der Waals surface area contributed by atoms with E-state index in [0.717, 1.165) is 24.1 Å². The van der Waals surface area contributed by atoms with Crippen LogP contribution in [0.1, 0.15) is 24.8 Å². The zero-order valence-electron chi connectivity index (χ0n) is 23.6. The summed E-state index contributed by atoms with van der Waals surface area (Å²) < 4.78 is 29.9. The molecule has 4 N–H and O–H groups in total. The fourth-order valence-electron chi connectivity index (χ4n) is 4.16. The Bertz CT molecular complexity index is 1700. The number of hydrogen-bond donors (Lipinski definition) is 4. The third kappa shape index (κ3) is 10.0. The first-order valence-electron chi connectivity index (χ1n) is 13.4. The molecule has 0 saturated carbocycles. The third-order valence-corrected chi connectivity index (χ3v) is 7.41. The van der Waals surface area contributed by atoms with Gasteiger partial charge in [-0.3, -0.25) is 14.8 Å². The van der Waals surface area contributed by atoms with Gasteiger partial charge in [-0.1, -0.05) is 41.6 Å². The zero-order chi connectivity index (χ0) is 32.2. The van der Waals surface area contributed by atoms with Crippen LogP contribution in [0.3, 0.4) is 0 Å². The minimum Gasteiger partial charge on any atom is -0.381 e. The van der Waals surface area contributed by atoms with E-state index in [-0.39, 0.29) is 30.6 Å². The number of aliphatic hydroxyl groups is 1. The molecular weight excluding hydrogens is 632 g/mol. The van der Waals surface area contributed by atoms with E-state index in [2.05, 4.69) is 30.1 Å². The van der Waals surface area contributed by atoms with Crippen LogP contribution in [0.15, 0.2) is 83.8 Å². The highest BCUT2D eigenvalue weighted by molar-refractivity contribution is 7.99. The molecular formula is C28H28ClF2N9O4S. The molecule has 45 heavy (non-hydrogen) atoms. The number of unbranched alkanes of at least 4 members (excludes halogenated alkanes) is 1. The summed E-state index contributed by atoms with van der Waals surface area (Å²) in [6.07, 6.45) is 7.08. The SMILES string of the molecule is O=C(CCCCSc1nc(-c2cccc(Cl)c2)cc(=O)[nH]1)NO.OC(Cn1cncn1)(Cn1cncn1)c1ccc(F)cc1F. The summed E-state index contributed by atoms with van der Waals surface area (Å²) in [5.74, 6) is -1.25. The standard InChI is InChI=1S/C15H16ClN3O3S.C13H12F2N6O/c16-11-5-3-4-10(8-11)12-9-14(21)18-15(17-12)23-7-2-1-6-13(20)19-22;14-10-1-2-11(12(15)3-10)13(22,4-20-8-16-6-18-20)5-21-9-17-7-19-21/h3-5,8-9,22H,1-2,6-7H2,(H,19,20)(H,17,18,21);1-3,6-9,22H,4-5H2. The van der Waals surface area contributed by atoms with Crippen LogP contribution in [-0.4, -0.2) is 61.5 Å². The zero-order valence-corrected chi connectivity index (χ0v) is 25.1. The van der Waals surface area contributed by atoms with Crippen molar-refractivity contribution in [1.29, 1.82) is 0 Å². The Morgan fingerprint density at radius 1 is 1.02 bits per heavy atom. The number of halogens is 3. The number of thioether (sulfide) groups is 1. The van der Waals surface area contributed by atoms with Crippen LogP contribution in [0.2, 0.25) is 5.02 Å². The molecule has 5 rings (SSSR count). The van der Waals surface area contributed by atoms with E-state index in [1.165, 1.54) is 58.6 Å². The van der Waals surface area contributed by atoms with Crippen molar-refractivity contribution >= 4 is 29.3 Å². The molecule has 0 bridgehead atoms. The van der Waals surface area contributed by atoms with Crippen LogP contribution in [0, 0.1) is 11.6 Å². The highest BCUT2D eigenvalue weighted by atomic mass is 35.5. The van der Waals surface area contributed by atoms with Crippen LogP contribution in [-0.2, 0) is 23.5 Å². The van der Waals surface area contributed by atoms with E-state index in [1.807, 2.05) is 6.07 Å². The van der Waals surface area contributed by atoms with Crippen molar-refractivity contribution < 1.29 is 23.9 Å². The Morgan fingerprint density at radius 2 is 1.73 bits per heavy atom. The number of carbonyl (C=O) groups excluding carboxylic acids is 1. The van der Waals surface area contributed by atoms with Crippen LogP contribution in [0.25, 0.3) is 11.3 Å². The first-order chi connectivity index (χ1) is 21.6. The molecule has 0 unspecified atom stereocenters. The number of H-pyrrole nitrogens is 1. The van der Waals surface area contributed by atoms with Crippen LogP contribution < -0.4 is 11.0 Å². The van der Waals surface area contributed by atoms with Gasteiger partial charge in [-0.15, -0.1) is 0 Å². The second-order valence-corrected chi connectivity index (χ2v) is 11.1. The summed E-state index contributed by atoms with van der Waals surface area (Å²) in [5, 5.41) is 28.3. The lowest BCUT2D eigenvalue weighted by atomic mass is 9.93. The average molecular weight is 660 g/mol. The van der Waals surface area contributed by atoms with Gasteiger partial charge in [0.15, 0.2) is 5.16 Å². The van der Waals surface area contributed by atoms with Crippen molar-refractivity contribution in [3.63, 3.8) is 0 Å². The van der Waals surface area contributed by atoms with E-state index in [0.29, 0.717) is 28.0 Å². The fraction of sp³-hybridized carbons (Fsp3) is 0.250. The Balaban J connectivity index is 0.000000205. The van der Waals surface area contributed by atoms with Gasteiger partial charge < -0.3 is 10.1 Å². The predicted molar refractivity (Wildman–Crippen MR) is 160 cm³/mol. The van der Waals surface area contributed by atoms with Crippen molar-refractivity contribution in [2.24, 2.45) is 0 Å². The number of aromatic nitrogens is 8. The number of carbonyl (C=O) groups is 1. The summed E-state index contributed by atoms with van der Waals surface area (Å²) in [6.45, 7) is -0.148. The number of benzene rings is 2. The van der Waals surface area contributed by atoms with Gasteiger partial charge in [0.2, 0.25) is 5.91 Å². The van der Waals surface area contributed by atoms with Gasteiger partial charge in [-0.25, -0.2) is 38.6 Å². The van der Waals surface area contributed by atoms with Gasteiger partial charge in [0.05, 0.1) is 18.8 Å². The van der Waals surface area contributed by atoms with E-state index < -0.39 is 23.1 Å². The van der Waals surface area contributed by atoms with E-state index in [1.54, 1.807) is 23.7 Å². The van der Waals surface area contributed by atoms with Crippen molar-refractivity contribution in [2.45, 2.75) is 43.1 Å². The molecule has 0 fully saturated rings. The van der Waals surface area contributed by atoms with Crippen molar-refractivity contribution in [1.82, 2.24) is 45.0 Å². The number of hydroxylamine groups is 1. The lowest BCUT2D eigenvalue weighted by molar-refractivity contribution is -0.129. The predicted octanol–water partition coefficient (Wildman–Crippen LogP) is 3.59. The third-order valence-electron chi connectivity index (χ3n) is 6.21. The van der Waals surface area contributed by atoms with Crippen molar-refractivity contribution in [3.8, 4) is 11.3 Å². The molecule has 13 nitrogen and oxygen atoms in total. The molecule has 3 aromatic heterocycles. The number of nitrogens with one attached hydrogen (secondary N) is 2. The van der Waals surface area contributed by atoms with Crippen LogP contribution >= 0.6 is 23.4 Å². The van der Waals surface area contributed by atoms with Gasteiger partial charge in [-0.2, -0.15) is 10.2 Å². The minimum absolute atomic E-state index is 0.0556. The molecule has 2 aromatic carbocycles. The molecule has 0 aliphatic heterocycles. The monoisotopic (exact) mass is 659 g/mol. The van der Waals surface area contributed by atoms with Crippen molar-refractivity contribution in [2.75, 3.05) is 5.75 Å². The molecule has 0 atom stereocenters. The minimum atomic E-state index is -1.70. The number of rotatable bonds is 12. The Kier molecular flexibility index (Phi) is 11.9. The van der Waals surface area contributed by atoms with Gasteiger partial charge in [-0.05, 0) is 31.0 Å². The molecule has 0 saturated heterocycles. The molecule has 0 spiro atoms. The van der Waals surface area contributed by atoms with Gasteiger partial charge in [0, 0.05) is 40.5 Å². The van der Waals surface area contributed by atoms with Crippen LogP contribution in [0.5, 0.6) is 0 Å². The maximum Gasteiger partial charge on any atom is 0.252 e. The molecule has 1 amide bonds. The summed E-state index contributed by atoms with van der Waals surface area (Å²) in [6, 6.07) is 11.6. The quantitative estimate of drug-likeness (QED) is 0.0509. The Hall–Kier alpha value is -4.51. The first-order valence-corrected chi connectivity index (χ1v) is 14.8. The number of aromatic amines is 1. The van der Waals surface area contributed by atoms with Crippen LogP contribution in [0.4, 0.5) is 8.78 Å². The first kappa shape index (κ1) is 33.4. The number of amides is 1. The Labute approximate surface area is 264 Å². The molecule has 236 valence electrons. The van der Waals surface area contributed by atoms with Gasteiger partial charge in [0.25, 0.3) is 5.56 Å². The maximum atomic E-state index is 14.1. The fourth-order valence-corrected chi connectivity index (χ4v) is 5.23. The summed E-state index contributed by atoms with van der Waals surface area (Å²) in [4.78, 5) is 37.3. The lowest BCUT2D eigenvalue weighted by Crippen LogP contribution is -2.37. The summed E-state index contributed by atoms with van der Waals surface area (Å²) in [7, 11) is 0. The molecule has 0 radical (unpaired) electrons. The second kappa shape index (κ2) is 16.0. The maximum absolute atomic E-state index is 14.1. The largest absolute Gasteiger partial charge is 0.381 e. The topological polar surface area (TPSA) is 177 Å². The Morgan fingerprint density at radius 3 is 2.33 bits per heavy atom. The summed E-state index contributed by atoms with van der Waals surface area (Å²) in [5.41, 5.74) is 0.969. The van der Waals surface area contributed by atoms with Crippen molar-refractivity contribution in [3.05, 3.63) is 106 Å². The smallest absolute Gasteiger partial charge is 0.252 e. The highest BCUT2D eigenvalue weighted by Gasteiger charge is 2.34. The normalized spacial score (nSPS) is 11.1. The lowest BCUT2D eigenvalue weighted by Gasteiger charge is -2.28. The van der Waals surface area contributed by atoms with Gasteiger partial charge >= 0.3 is 0 Å². The molecule has 3 heterocycles. The molecule has 0 aliphatic rings. The van der Waals surface area contributed by atoms with E-state index in [4.69, 9.17) is 16.8 Å².